The molecule has 120 valence electrons. The molecule has 3 nitrogen and oxygen atoms in total. The molecule has 0 spiro atoms. The minimum absolute atomic E-state index is 0.0136. The lowest BCUT2D eigenvalue weighted by molar-refractivity contribution is -0.137. The van der Waals surface area contributed by atoms with Gasteiger partial charge in [-0.1, -0.05) is 5.92 Å². The van der Waals surface area contributed by atoms with E-state index in [0.717, 1.165) is 12.1 Å². The highest BCUT2D eigenvalue weighted by molar-refractivity contribution is 5.96. The highest BCUT2D eigenvalue weighted by atomic mass is 19.4. The van der Waals surface area contributed by atoms with Crippen LogP contribution in [-0.2, 0) is 11.0 Å². The molecule has 0 atom stereocenters. The largest absolute Gasteiger partial charge is 0.416 e. The number of amides is 1. The van der Waals surface area contributed by atoms with Crippen molar-refractivity contribution in [3.63, 3.8) is 0 Å². The summed E-state index contributed by atoms with van der Waals surface area (Å²) in [6.45, 7) is 3.23. The second-order valence-corrected chi connectivity index (χ2v) is 5.38. The van der Waals surface area contributed by atoms with E-state index < -0.39 is 11.7 Å². The van der Waals surface area contributed by atoms with E-state index in [9.17, 15) is 18.0 Å². The van der Waals surface area contributed by atoms with Crippen LogP contribution in [0, 0.1) is 26.2 Å². The van der Waals surface area contributed by atoms with E-state index in [1.165, 1.54) is 4.90 Å². The van der Waals surface area contributed by atoms with E-state index in [1.54, 1.807) is 32.8 Å². The second-order valence-electron chi connectivity index (χ2n) is 5.38. The fourth-order valence-electron chi connectivity index (χ4n) is 2.28. The van der Waals surface area contributed by atoms with Crippen LogP contribution >= 0.6 is 0 Å². The molecule has 0 aliphatic rings. The van der Waals surface area contributed by atoms with Gasteiger partial charge >= 0.3 is 6.18 Å². The average molecular weight is 312 g/mol. The van der Waals surface area contributed by atoms with Gasteiger partial charge in [-0.25, -0.2) is 0 Å². The molecule has 1 amide bonds. The van der Waals surface area contributed by atoms with Crippen molar-refractivity contribution in [2.24, 2.45) is 0 Å². The lowest BCUT2D eigenvalue weighted by Gasteiger charge is -2.26. The molecular weight excluding hydrogens is 293 g/mol. The average Bonchev–Trinajstić information content (AvgIpc) is 2.34. The zero-order valence-electron chi connectivity index (χ0n) is 13.1. The topological polar surface area (TPSA) is 23.6 Å². The summed E-state index contributed by atoms with van der Waals surface area (Å²) < 4.78 is 38.5. The van der Waals surface area contributed by atoms with Gasteiger partial charge in [-0.2, -0.15) is 13.2 Å². The highest BCUT2D eigenvalue weighted by Crippen LogP contribution is 2.35. The maximum Gasteiger partial charge on any atom is 0.416 e. The minimum Gasteiger partial charge on any atom is -0.301 e. The molecule has 0 heterocycles. The van der Waals surface area contributed by atoms with Crippen LogP contribution in [-0.4, -0.2) is 38.0 Å². The molecule has 0 saturated carbocycles. The van der Waals surface area contributed by atoms with Crippen LogP contribution in [0.3, 0.4) is 0 Å². The Kier molecular flexibility index (Phi) is 5.61. The fraction of sp³-hybridized carbons (Fsp3) is 0.438. The summed E-state index contributed by atoms with van der Waals surface area (Å²) in [5.41, 5.74) is 0.453. The summed E-state index contributed by atoms with van der Waals surface area (Å²) in [7, 11) is 3.47. The van der Waals surface area contributed by atoms with Crippen molar-refractivity contribution in [2.45, 2.75) is 20.0 Å². The first-order valence-corrected chi connectivity index (χ1v) is 6.65. The van der Waals surface area contributed by atoms with Crippen LogP contribution in [0.1, 0.15) is 16.7 Å². The van der Waals surface area contributed by atoms with Gasteiger partial charge in [-0.15, -0.1) is 6.42 Å². The molecular formula is C16H19F3N2O. The molecule has 0 aliphatic heterocycles. The Labute approximate surface area is 128 Å². The molecule has 1 aromatic rings. The van der Waals surface area contributed by atoms with Crippen molar-refractivity contribution in [2.75, 3.05) is 32.1 Å². The monoisotopic (exact) mass is 312 g/mol. The lowest BCUT2D eigenvalue weighted by Crippen LogP contribution is -2.39. The van der Waals surface area contributed by atoms with Crippen LogP contribution in [0.25, 0.3) is 0 Å². The third kappa shape index (κ3) is 4.25. The summed E-state index contributed by atoms with van der Waals surface area (Å²) in [6, 6.07) is 2.07. The maximum atomic E-state index is 12.8. The van der Waals surface area contributed by atoms with Gasteiger partial charge in [0.05, 0.1) is 24.3 Å². The molecule has 6 heteroatoms. The van der Waals surface area contributed by atoms with Gasteiger partial charge in [-0.05, 0) is 51.2 Å². The number of terminal acetylenes is 1. The van der Waals surface area contributed by atoms with Gasteiger partial charge in [0.15, 0.2) is 0 Å². The molecule has 1 rings (SSSR count). The van der Waals surface area contributed by atoms with E-state index >= 15 is 0 Å². The Bertz CT molecular complexity index is 577. The van der Waals surface area contributed by atoms with Gasteiger partial charge in [0.25, 0.3) is 0 Å². The first-order chi connectivity index (χ1) is 10.1. The number of aryl methyl sites for hydroxylation is 2. The minimum atomic E-state index is -4.42. The van der Waals surface area contributed by atoms with E-state index in [4.69, 9.17) is 6.42 Å². The molecule has 0 aromatic heterocycles. The normalized spacial score (nSPS) is 11.4. The Morgan fingerprint density at radius 3 is 2.09 bits per heavy atom. The van der Waals surface area contributed by atoms with Crippen LogP contribution in [0.2, 0.25) is 0 Å². The summed E-state index contributed by atoms with van der Waals surface area (Å²) in [4.78, 5) is 15.3. The SMILES string of the molecule is C#CCN(C(=O)CN(C)C)c1c(C)cc(C(F)(F)F)cc1C. The summed E-state index contributed by atoms with van der Waals surface area (Å²) in [5, 5.41) is 0. The molecule has 0 N–H and O–H groups in total. The number of halogens is 3. The molecule has 0 radical (unpaired) electrons. The van der Waals surface area contributed by atoms with Crippen LogP contribution in [0.5, 0.6) is 0 Å². The Hall–Kier alpha value is -2.00. The maximum absolute atomic E-state index is 12.8. The van der Waals surface area contributed by atoms with Gasteiger partial charge in [0, 0.05) is 0 Å². The first-order valence-electron chi connectivity index (χ1n) is 6.65. The third-order valence-corrected chi connectivity index (χ3v) is 3.09. The van der Waals surface area contributed by atoms with Crippen molar-refractivity contribution in [3.05, 3.63) is 28.8 Å². The predicted molar refractivity (Wildman–Crippen MR) is 80.7 cm³/mol. The molecule has 0 unspecified atom stereocenters. The van der Waals surface area contributed by atoms with E-state index in [0.29, 0.717) is 16.8 Å². The summed E-state index contributed by atoms with van der Waals surface area (Å²) in [6.07, 6.45) is 0.879. The number of nitrogens with zero attached hydrogens (tertiary/aromatic N) is 2. The smallest absolute Gasteiger partial charge is 0.301 e. The van der Waals surface area contributed by atoms with E-state index in [2.05, 4.69) is 5.92 Å². The Morgan fingerprint density at radius 2 is 1.73 bits per heavy atom. The molecule has 0 fully saturated rings. The second kappa shape index (κ2) is 6.84. The van der Waals surface area contributed by atoms with E-state index in [-0.39, 0.29) is 19.0 Å². The van der Waals surface area contributed by atoms with Crippen molar-refractivity contribution in [3.8, 4) is 12.3 Å². The number of likely N-dealkylation sites (N-methyl/N-ethyl adjacent to an activating group) is 1. The van der Waals surface area contributed by atoms with Gasteiger partial charge in [-0.3, -0.25) is 9.69 Å². The number of carbonyl (C=O) groups is 1. The standard InChI is InChI=1S/C16H19F3N2O/c1-6-7-21(14(22)10-20(4)5)15-11(2)8-13(9-12(15)3)16(17,18)19/h1,8-9H,7,10H2,2-5H3. The zero-order valence-corrected chi connectivity index (χ0v) is 13.1. The number of alkyl halides is 3. The lowest BCUT2D eigenvalue weighted by atomic mass is 10.0. The first kappa shape index (κ1) is 18.1. The number of rotatable bonds is 4. The summed E-state index contributed by atoms with van der Waals surface area (Å²) in [5.74, 6) is 2.13. The van der Waals surface area contributed by atoms with Gasteiger partial charge in [0.1, 0.15) is 0 Å². The van der Waals surface area contributed by atoms with Crippen LogP contribution in [0.4, 0.5) is 18.9 Å². The van der Waals surface area contributed by atoms with Crippen molar-refractivity contribution in [1.29, 1.82) is 0 Å². The van der Waals surface area contributed by atoms with Crippen molar-refractivity contribution < 1.29 is 18.0 Å². The van der Waals surface area contributed by atoms with Crippen LogP contribution < -0.4 is 4.90 Å². The highest BCUT2D eigenvalue weighted by Gasteiger charge is 2.32. The van der Waals surface area contributed by atoms with Gasteiger partial charge in [0.2, 0.25) is 5.91 Å². The molecule has 22 heavy (non-hydrogen) atoms. The van der Waals surface area contributed by atoms with Crippen molar-refractivity contribution >= 4 is 11.6 Å². The Morgan fingerprint density at radius 1 is 1.23 bits per heavy atom. The van der Waals surface area contributed by atoms with E-state index in [1.807, 2.05) is 0 Å². The third-order valence-electron chi connectivity index (χ3n) is 3.09. The molecule has 1 aromatic carbocycles. The zero-order chi connectivity index (χ0) is 17.1. The van der Waals surface area contributed by atoms with Crippen molar-refractivity contribution in [1.82, 2.24) is 4.90 Å². The number of hydrogen-bond donors (Lipinski definition) is 0. The molecule has 0 bridgehead atoms. The number of anilines is 1. The van der Waals surface area contributed by atoms with Crippen LogP contribution in [0.15, 0.2) is 12.1 Å². The number of benzene rings is 1. The fourth-order valence-corrected chi connectivity index (χ4v) is 2.28. The Balaban J connectivity index is 3.33. The predicted octanol–water partition coefficient (Wildman–Crippen LogP) is 2.85. The number of carbonyl (C=O) groups excluding carboxylic acids is 1. The number of hydrogen-bond acceptors (Lipinski definition) is 2. The molecule has 0 aliphatic carbocycles. The molecule has 0 saturated heterocycles. The van der Waals surface area contributed by atoms with Gasteiger partial charge < -0.3 is 4.90 Å². The summed E-state index contributed by atoms with van der Waals surface area (Å²) >= 11 is 0. The quantitative estimate of drug-likeness (QED) is 0.798.